The van der Waals surface area contributed by atoms with E-state index in [0.717, 1.165) is 4.90 Å². The van der Waals surface area contributed by atoms with Crippen LogP contribution in [0.3, 0.4) is 0 Å². The standard InChI is InChI=1S/C11H16N2O5/c1-7(9(14)15)13(8-5-6-12-18-8)10(16)17-11(2,3)4/h5-7H,1-4H3,(H,14,15)/t7-/m0/s1. The fourth-order valence-corrected chi connectivity index (χ4v) is 1.19. The maximum Gasteiger partial charge on any atom is 0.418 e. The fourth-order valence-electron chi connectivity index (χ4n) is 1.19. The lowest BCUT2D eigenvalue weighted by Crippen LogP contribution is -2.45. The van der Waals surface area contributed by atoms with Gasteiger partial charge >= 0.3 is 12.1 Å². The van der Waals surface area contributed by atoms with Crippen LogP contribution in [0.2, 0.25) is 0 Å². The van der Waals surface area contributed by atoms with Crippen molar-refractivity contribution in [3.63, 3.8) is 0 Å². The molecule has 1 atom stereocenters. The first kappa shape index (κ1) is 14.0. The summed E-state index contributed by atoms with van der Waals surface area (Å²) >= 11 is 0. The van der Waals surface area contributed by atoms with E-state index in [-0.39, 0.29) is 5.88 Å². The van der Waals surface area contributed by atoms with E-state index >= 15 is 0 Å². The summed E-state index contributed by atoms with van der Waals surface area (Å²) in [5.41, 5.74) is -0.729. The Balaban J connectivity index is 2.99. The van der Waals surface area contributed by atoms with E-state index in [1.54, 1.807) is 20.8 Å². The van der Waals surface area contributed by atoms with E-state index in [0.29, 0.717) is 0 Å². The van der Waals surface area contributed by atoms with Gasteiger partial charge in [-0.1, -0.05) is 5.16 Å². The molecule has 7 heteroatoms. The minimum absolute atomic E-state index is 0.0270. The first-order valence-corrected chi connectivity index (χ1v) is 5.38. The summed E-state index contributed by atoms with van der Waals surface area (Å²) in [7, 11) is 0. The Bertz CT molecular complexity index is 421. The van der Waals surface area contributed by atoms with E-state index in [9.17, 15) is 9.59 Å². The minimum atomic E-state index is -1.17. The van der Waals surface area contributed by atoms with Gasteiger partial charge in [0, 0.05) is 6.07 Å². The molecule has 0 bridgehead atoms. The van der Waals surface area contributed by atoms with Gasteiger partial charge in [-0.2, -0.15) is 0 Å². The van der Waals surface area contributed by atoms with Gasteiger partial charge in [-0.3, -0.25) is 0 Å². The number of carboxylic acids is 1. The van der Waals surface area contributed by atoms with Crippen molar-refractivity contribution in [3.8, 4) is 0 Å². The average molecular weight is 256 g/mol. The third-order valence-electron chi connectivity index (χ3n) is 2.00. The number of ether oxygens (including phenoxy) is 1. The molecule has 0 spiro atoms. The lowest BCUT2D eigenvalue weighted by atomic mass is 10.2. The molecule has 0 unspecified atom stereocenters. The summed E-state index contributed by atoms with van der Waals surface area (Å²) in [6.45, 7) is 6.42. The van der Waals surface area contributed by atoms with Crippen LogP contribution < -0.4 is 4.90 Å². The van der Waals surface area contributed by atoms with E-state index in [1.165, 1.54) is 19.2 Å². The third kappa shape index (κ3) is 3.47. The van der Waals surface area contributed by atoms with Crippen LogP contribution in [-0.4, -0.2) is 34.0 Å². The molecule has 1 rings (SSSR count). The highest BCUT2D eigenvalue weighted by Gasteiger charge is 2.33. The lowest BCUT2D eigenvalue weighted by molar-refractivity contribution is -0.138. The first-order chi connectivity index (χ1) is 8.22. The van der Waals surface area contributed by atoms with Crippen molar-refractivity contribution in [2.75, 3.05) is 4.90 Å². The number of hydrogen-bond donors (Lipinski definition) is 1. The molecule has 18 heavy (non-hydrogen) atoms. The Kier molecular flexibility index (Phi) is 3.95. The van der Waals surface area contributed by atoms with Crippen molar-refractivity contribution < 1.29 is 24.0 Å². The number of aliphatic carboxylic acids is 1. The molecule has 0 aromatic carbocycles. The van der Waals surface area contributed by atoms with Gasteiger partial charge in [0.25, 0.3) is 0 Å². The van der Waals surface area contributed by atoms with Crippen LogP contribution in [0.1, 0.15) is 27.7 Å². The van der Waals surface area contributed by atoms with Crippen LogP contribution in [0.4, 0.5) is 10.7 Å². The maximum absolute atomic E-state index is 12.0. The van der Waals surface area contributed by atoms with Gasteiger partial charge in [0.15, 0.2) is 0 Å². The molecule has 0 aliphatic rings. The predicted molar refractivity (Wildman–Crippen MR) is 62.3 cm³/mol. The van der Waals surface area contributed by atoms with Crippen LogP contribution in [0.15, 0.2) is 16.8 Å². The van der Waals surface area contributed by atoms with Crippen molar-refractivity contribution in [2.24, 2.45) is 0 Å². The molecular weight excluding hydrogens is 240 g/mol. The highest BCUT2D eigenvalue weighted by molar-refractivity contribution is 5.93. The zero-order valence-electron chi connectivity index (χ0n) is 10.7. The minimum Gasteiger partial charge on any atom is -0.480 e. The Morgan fingerprint density at radius 2 is 2.11 bits per heavy atom. The van der Waals surface area contributed by atoms with Gasteiger partial charge < -0.3 is 14.4 Å². The summed E-state index contributed by atoms with van der Waals surface area (Å²) in [5, 5.41) is 12.4. The average Bonchev–Trinajstić information content (AvgIpc) is 2.67. The number of rotatable bonds is 3. The SMILES string of the molecule is C[C@@H](C(=O)O)N(C(=O)OC(C)(C)C)c1ccno1. The first-order valence-electron chi connectivity index (χ1n) is 5.38. The quantitative estimate of drug-likeness (QED) is 0.887. The van der Waals surface area contributed by atoms with Crippen molar-refractivity contribution in [1.29, 1.82) is 0 Å². The monoisotopic (exact) mass is 256 g/mol. The zero-order valence-corrected chi connectivity index (χ0v) is 10.7. The highest BCUT2D eigenvalue weighted by Crippen LogP contribution is 2.20. The molecule has 0 aliphatic carbocycles. The molecular formula is C11H16N2O5. The molecule has 0 saturated heterocycles. The summed E-state index contributed by atoms with van der Waals surface area (Å²) in [5.74, 6) is -1.14. The van der Waals surface area contributed by atoms with E-state index in [1.807, 2.05) is 0 Å². The molecule has 1 N–H and O–H groups in total. The van der Waals surface area contributed by atoms with Crippen molar-refractivity contribution in [3.05, 3.63) is 12.3 Å². The maximum atomic E-state index is 12.0. The molecule has 1 amide bonds. The molecule has 1 aromatic heterocycles. The lowest BCUT2D eigenvalue weighted by Gasteiger charge is -2.27. The smallest absolute Gasteiger partial charge is 0.418 e. The summed E-state index contributed by atoms with van der Waals surface area (Å²) in [6, 6.07) is 0.274. The number of carbonyl (C=O) groups excluding carboxylic acids is 1. The van der Waals surface area contributed by atoms with Crippen LogP contribution in [0.25, 0.3) is 0 Å². The van der Waals surface area contributed by atoms with Gasteiger partial charge in [-0.25, -0.2) is 14.5 Å². The van der Waals surface area contributed by atoms with Gasteiger partial charge in [-0.05, 0) is 27.7 Å². The topological polar surface area (TPSA) is 92.9 Å². The van der Waals surface area contributed by atoms with Crippen molar-refractivity contribution in [1.82, 2.24) is 5.16 Å². The van der Waals surface area contributed by atoms with Crippen molar-refractivity contribution in [2.45, 2.75) is 39.3 Å². The second-order valence-electron chi connectivity index (χ2n) is 4.72. The van der Waals surface area contributed by atoms with Gasteiger partial charge in [-0.15, -0.1) is 0 Å². The number of nitrogens with zero attached hydrogens (tertiary/aromatic N) is 2. The number of aromatic nitrogens is 1. The Hall–Kier alpha value is -2.05. The molecule has 0 fully saturated rings. The molecule has 0 radical (unpaired) electrons. The molecule has 0 aliphatic heterocycles. The summed E-state index contributed by atoms with van der Waals surface area (Å²) in [4.78, 5) is 23.9. The predicted octanol–water partition coefficient (Wildman–Crippen LogP) is 1.89. The van der Waals surface area contributed by atoms with Gasteiger partial charge in [0.1, 0.15) is 11.6 Å². The normalized spacial score (nSPS) is 12.9. The van der Waals surface area contributed by atoms with E-state index < -0.39 is 23.7 Å². The van der Waals surface area contributed by atoms with E-state index in [4.69, 9.17) is 14.4 Å². The van der Waals surface area contributed by atoms with Crippen LogP contribution in [0, 0.1) is 0 Å². The summed E-state index contributed by atoms with van der Waals surface area (Å²) in [6.07, 6.45) is 0.524. The highest BCUT2D eigenvalue weighted by atomic mass is 16.6. The molecule has 1 heterocycles. The van der Waals surface area contributed by atoms with Gasteiger partial charge in [0.05, 0.1) is 6.20 Å². The second-order valence-corrected chi connectivity index (χ2v) is 4.72. The molecule has 1 aromatic rings. The molecule has 100 valence electrons. The molecule has 7 nitrogen and oxygen atoms in total. The van der Waals surface area contributed by atoms with E-state index in [2.05, 4.69) is 5.16 Å². The third-order valence-corrected chi connectivity index (χ3v) is 2.00. The number of amides is 1. The Morgan fingerprint density at radius 3 is 2.50 bits per heavy atom. The summed E-state index contributed by atoms with van der Waals surface area (Å²) < 4.78 is 9.95. The zero-order chi connectivity index (χ0) is 13.9. The van der Waals surface area contributed by atoms with Crippen LogP contribution in [0.5, 0.6) is 0 Å². The number of carbonyl (C=O) groups is 2. The van der Waals surface area contributed by atoms with Crippen LogP contribution >= 0.6 is 0 Å². The number of anilines is 1. The van der Waals surface area contributed by atoms with Crippen LogP contribution in [-0.2, 0) is 9.53 Å². The number of hydrogen-bond acceptors (Lipinski definition) is 5. The molecule has 0 saturated carbocycles. The largest absolute Gasteiger partial charge is 0.480 e. The Labute approximate surface area is 104 Å². The van der Waals surface area contributed by atoms with Gasteiger partial charge in [0.2, 0.25) is 5.88 Å². The number of carboxylic acid groups (broad SMARTS) is 1. The second kappa shape index (κ2) is 5.07. The van der Waals surface area contributed by atoms with Crippen molar-refractivity contribution >= 4 is 17.9 Å². The fraction of sp³-hybridized carbons (Fsp3) is 0.545. The Morgan fingerprint density at radius 1 is 1.50 bits per heavy atom.